The molecule has 0 radical (unpaired) electrons. The molecule has 1 heterocycles. The zero-order valence-electron chi connectivity index (χ0n) is 14.0. The summed E-state index contributed by atoms with van der Waals surface area (Å²) in [6.07, 6.45) is 0. The number of amides is 1. The molecule has 4 rings (SSSR count). The van der Waals surface area contributed by atoms with Crippen molar-refractivity contribution in [2.45, 2.75) is 0 Å². The average molecular weight is 360 g/mol. The van der Waals surface area contributed by atoms with Gasteiger partial charge in [0.15, 0.2) is 0 Å². The summed E-state index contributed by atoms with van der Waals surface area (Å²) in [5.41, 5.74) is 1.44. The maximum Gasteiger partial charge on any atom is 0.347 e. The molecule has 0 fully saturated rings. The molecule has 27 heavy (non-hydrogen) atoms. The van der Waals surface area contributed by atoms with E-state index in [2.05, 4.69) is 10.3 Å². The zero-order valence-corrected chi connectivity index (χ0v) is 14.0. The van der Waals surface area contributed by atoms with E-state index in [1.807, 2.05) is 0 Å². The number of aromatic nitrogens is 1. The van der Waals surface area contributed by atoms with E-state index in [0.29, 0.717) is 22.2 Å². The lowest BCUT2D eigenvalue weighted by molar-refractivity contribution is 0.102. The monoisotopic (exact) mass is 360 g/mol. The molecule has 6 heteroatoms. The van der Waals surface area contributed by atoms with Crippen LogP contribution in [0, 0.1) is 5.82 Å². The molecule has 1 amide bonds. The number of carbonyl (C=O) groups excluding carboxylic acids is 1. The predicted molar refractivity (Wildman–Crippen MR) is 100 cm³/mol. The van der Waals surface area contributed by atoms with Gasteiger partial charge in [0.1, 0.15) is 5.82 Å². The van der Waals surface area contributed by atoms with E-state index in [9.17, 15) is 14.0 Å². The molecule has 0 aliphatic rings. The molecule has 0 aliphatic carbocycles. The first-order chi connectivity index (χ1) is 13.1. The summed E-state index contributed by atoms with van der Waals surface area (Å²) in [5.74, 6) is -0.699. The molecule has 1 N–H and O–H groups in total. The Balaban J connectivity index is 1.59. The van der Waals surface area contributed by atoms with Gasteiger partial charge in [0.2, 0.25) is 5.89 Å². The van der Waals surface area contributed by atoms with E-state index in [4.69, 9.17) is 4.42 Å². The number of hydrogen-bond donors (Lipinski definition) is 1. The summed E-state index contributed by atoms with van der Waals surface area (Å²) in [7, 11) is 0. The van der Waals surface area contributed by atoms with E-state index in [1.165, 1.54) is 18.2 Å². The number of nitrogens with one attached hydrogen (secondary N) is 1. The summed E-state index contributed by atoms with van der Waals surface area (Å²) in [5, 5.41) is 3.10. The predicted octanol–water partition coefficient (Wildman–Crippen LogP) is 4.25. The summed E-state index contributed by atoms with van der Waals surface area (Å²) in [6.45, 7) is 0. The molecule has 1 aromatic heterocycles. The average Bonchev–Trinajstić information content (AvgIpc) is 2.68. The minimum absolute atomic E-state index is 0.196. The van der Waals surface area contributed by atoms with Gasteiger partial charge in [0.25, 0.3) is 5.91 Å². The first-order valence-corrected chi connectivity index (χ1v) is 8.17. The van der Waals surface area contributed by atoms with E-state index < -0.39 is 17.3 Å². The number of para-hydroxylation sites is 1. The van der Waals surface area contributed by atoms with E-state index in [1.54, 1.807) is 48.5 Å². The Morgan fingerprint density at radius 1 is 0.963 bits per heavy atom. The quantitative estimate of drug-likeness (QED) is 0.593. The van der Waals surface area contributed by atoms with Gasteiger partial charge in [-0.15, -0.1) is 0 Å². The van der Waals surface area contributed by atoms with Crippen molar-refractivity contribution in [2.24, 2.45) is 0 Å². The highest BCUT2D eigenvalue weighted by molar-refractivity contribution is 6.04. The number of carbonyl (C=O) groups is 1. The fraction of sp³-hybridized carbons (Fsp3) is 0. The molecule has 0 saturated heterocycles. The molecule has 4 aromatic rings. The Kier molecular flexibility index (Phi) is 4.22. The normalized spacial score (nSPS) is 10.7. The highest BCUT2D eigenvalue weighted by Gasteiger charge is 2.10. The Bertz CT molecular complexity index is 1200. The third-order valence-electron chi connectivity index (χ3n) is 4.01. The lowest BCUT2D eigenvalue weighted by Crippen LogP contribution is -2.11. The molecule has 132 valence electrons. The third-order valence-corrected chi connectivity index (χ3v) is 4.01. The Morgan fingerprint density at radius 3 is 2.52 bits per heavy atom. The Morgan fingerprint density at radius 2 is 1.74 bits per heavy atom. The molecular formula is C21H13FN2O3. The van der Waals surface area contributed by atoms with Crippen LogP contribution in [-0.4, -0.2) is 10.9 Å². The van der Waals surface area contributed by atoms with Crippen LogP contribution in [-0.2, 0) is 0 Å². The van der Waals surface area contributed by atoms with E-state index in [0.717, 1.165) is 6.07 Å². The van der Waals surface area contributed by atoms with Crippen LogP contribution in [0.25, 0.3) is 22.4 Å². The number of halogens is 1. The highest BCUT2D eigenvalue weighted by Crippen LogP contribution is 2.21. The van der Waals surface area contributed by atoms with Gasteiger partial charge >= 0.3 is 5.63 Å². The van der Waals surface area contributed by atoms with Crippen molar-refractivity contribution in [1.82, 2.24) is 4.98 Å². The van der Waals surface area contributed by atoms with Crippen LogP contribution in [0.3, 0.4) is 0 Å². The lowest BCUT2D eigenvalue weighted by Gasteiger charge is -2.06. The molecule has 0 unspecified atom stereocenters. The molecular weight excluding hydrogens is 347 g/mol. The molecule has 0 atom stereocenters. The number of anilines is 1. The number of benzene rings is 3. The van der Waals surface area contributed by atoms with Gasteiger partial charge in [0, 0.05) is 16.8 Å². The summed E-state index contributed by atoms with van der Waals surface area (Å²) < 4.78 is 18.5. The maximum atomic E-state index is 13.2. The summed E-state index contributed by atoms with van der Waals surface area (Å²) >= 11 is 0. The Hall–Kier alpha value is -3.80. The number of fused-ring (bicyclic) bond motifs is 1. The molecule has 3 aromatic carbocycles. The Labute approximate surface area is 153 Å². The van der Waals surface area contributed by atoms with Gasteiger partial charge in [-0.25, -0.2) is 14.2 Å². The van der Waals surface area contributed by atoms with Gasteiger partial charge < -0.3 is 9.73 Å². The van der Waals surface area contributed by atoms with E-state index in [-0.39, 0.29) is 11.5 Å². The van der Waals surface area contributed by atoms with Crippen LogP contribution < -0.4 is 10.9 Å². The minimum Gasteiger partial charge on any atom is -0.403 e. The van der Waals surface area contributed by atoms with Crippen molar-refractivity contribution in [3.8, 4) is 11.5 Å². The van der Waals surface area contributed by atoms with Gasteiger partial charge in [0.05, 0.1) is 10.9 Å². The molecule has 5 nitrogen and oxygen atoms in total. The second-order valence-corrected chi connectivity index (χ2v) is 5.87. The van der Waals surface area contributed by atoms with Gasteiger partial charge in [-0.2, -0.15) is 0 Å². The number of rotatable bonds is 3. The SMILES string of the molecule is O=C(Nc1ccc(-c2nc3ccccc3c(=O)o2)cc1)c1cccc(F)c1. The van der Waals surface area contributed by atoms with Crippen LogP contribution in [0.2, 0.25) is 0 Å². The van der Waals surface area contributed by atoms with Crippen molar-refractivity contribution < 1.29 is 13.6 Å². The highest BCUT2D eigenvalue weighted by atomic mass is 19.1. The molecule has 0 aliphatic heterocycles. The first-order valence-electron chi connectivity index (χ1n) is 8.17. The van der Waals surface area contributed by atoms with Crippen LogP contribution in [0.5, 0.6) is 0 Å². The fourth-order valence-corrected chi connectivity index (χ4v) is 2.67. The summed E-state index contributed by atoms with van der Waals surface area (Å²) in [6, 6.07) is 19.1. The second-order valence-electron chi connectivity index (χ2n) is 5.87. The molecule has 0 bridgehead atoms. The largest absolute Gasteiger partial charge is 0.403 e. The fourth-order valence-electron chi connectivity index (χ4n) is 2.67. The first kappa shape index (κ1) is 16.7. The number of hydrogen-bond acceptors (Lipinski definition) is 4. The van der Waals surface area contributed by atoms with Crippen molar-refractivity contribution >= 4 is 22.5 Å². The van der Waals surface area contributed by atoms with Crippen molar-refractivity contribution in [1.29, 1.82) is 0 Å². The van der Waals surface area contributed by atoms with Crippen LogP contribution in [0.4, 0.5) is 10.1 Å². The standard InChI is InChI=1S/C21H13FN2O3/c22-15-5-3-4-14(12-15)19(25)23-16-10-8-13(9-11-16)20-24-18-7-2-1-6-17(18)21(26)27-20/h1-12H,(H,23,25). The molecule has 0 spiro atoms. The van der Waals surface area contributed by atoms with Crippen molar-refractivity contribution in [2.75, 3.05) is 5.32 Å². The topological polar surface area (TPSA) is 72.2 Å². The van der Waals surface area contributed by atoms with Crippen LogP contribution in [0.1, 0.15) is 10.4 Å². The third kappa shape index (κ3) is 3.46. The van der Waals surface area contributed by atoms with Crippen LogP contribution in [0.15, 0.2) is 82.0 Å². The summed E-state index contributed by atoms with van der Waals surface area (Å²) in [4.78, 5) is 28.6. The van der Waals surface area contributed by atoms with Crippen molar-refractivity contribution in [3.63, 3.8) is 0 Å². The van der Waals surface area contributed by atoms with Gasteiger partial charge in [-0.3, -0.25) is 4.79 Å². The number of nitrogens with zero attached hydrogens (tertiary/aromatic N) is 1. The van der Waals surface area contributed by atoms with Crippen LogP contribution >= 0.6 is 0 Å². The zero-order chi connectivity index (χ0) is 18.8. The molecule has 0 saturated carbocycles. The van der Waals surface area contributed by atoms with Gasteiger partial charge in [-0.1, -0.05) is 18.2 Å². The maximum absolute atomic E-state index is 13.2. The minimum atomic E-state index is -0.476. The van der Waals surface area contributed by atoms with E-state index >= 15 is 0 Å². The second kappa shape index (κ2) is 6.84. The lowest BCUT2D eigenvalue weighted by atomic mass is 10.1. The smallest absolute Gasteiger partial charge is 0.347 e. The van der Waals surface area contributed by atoms with Gasteiger partial charge in [-0.05, 0) is 54.6 Å². The van der Waals surface area contributed by atoms with Crippen molar-refractivity contribution in [3.05, 3.63) is 94.6 Å².